The van der Waals surface area contributed by atoms with Crippen LogP contribution >= 0.6 is 0 Å². The van der Waals surface area contributed by atoms with Gasteiger partial charge in [0.1, 0.15) is 28.5 Å². The number of amides is 2. The normalized spacial score (nSPS) is 24.0. The molecule has 2 atom stereocenters. The van der Waals surface area contributed by atoms with Crippen molar-refractivity contribution in [1.82, 2.24) is 10.2 Å². The Balaban J connectivity index is 2.53. The Hall–Kier alpha value is -2.51. The van der Waals surface area contributed by atoms with Crippen LogP contribution < -0.4 is 5.32 Å². The van der Waals surface area contributed by atoms with E-state index in [9.17, 15) is 36.0 Å². The van der Waals surface area contributed by atoms with Crippen LogP contribution in [0.3, 0.4) is 0 Å². The molecule has 0 spiro atoms. The zero-order chi connectivity index (χ0) is 25.6. The van der Waals surface area contributed by atoms with E-state index in [1.54, 1.807) is 41.5 Å². The molecular weight excluding hydrogens is 473 g/mol. The smallest absolute Gasteiger partial charge is 0.444 e. The molecule has 0 aromatic rings. The second-order valence-electron chi connectivity index (χ2n) is 9.67. The predicted molar refractivity (Wildman–Crippen MR) is 107 cm³/mol. The molecule has 188 valence electrons. The topological polar surface area (TPSA) is 128 Å². The van der Waals surface area contributed by atoms with Crippen molar-refractivity contribution in [3.63, 3.8) is 0 Å². The third-order valence-corrected chi connectivity index (χ3v) is 5.55. The van der Waals surface area contributed by atoms with E-state index in [1.807, 2.05) is 0 Å². The monoisotopic (exact) mass is 500 g/mol. The highest BCUT2D eigenvalue weighted by Gasteiger charge is 2.61. The Morgan fingerprint density at radius 3 is 2.12 bits per heavy atom. The van der Waals surface area contributed by atoms with E-state index < -0.39 is 62.1 Å². The summed E-state index contributed by atoms with van der Waals surface area (Å²) in [5, 5.41) is 2.33. The molecule has 1 aliphatic heterocycles. The van der Waals surface area contributed by atoms with Gasteiger partial charge < -0.3 is 19.0 Å². The molecule has 0 radical (unpaired) electrons. The summed E-state index contributed by atoms with van der Waals surface area (Å²) in [4.78, 5) is 39.1. The summed E-state index contributed by atoms with van der Waals surface area (Å²) < 4.78 is 76.9. The number of fused-ring (bicyclic) bond motifs is 1. The number of nitrogens with zero attached hydrogens (tertiary/aromatic N) is 1. The van der Waals surface area contributed by atoms with Crippen LogP contribution in [0.25, 0.3) is 0 Å². The summed E-state index contributed by atoms with van der Waals surface area (Å²) in [7, 11) is -6.17. The van der Waals surface area contributed by atoms with Crippen molar-refractivity contribution < 1.29 is 49.6 Å². The highest BCUT2D eigenvalue weighted by molar-refractivity contribution is 7.87. The van der Waals surface area contributed by atoms with Crippen molar-refractivity contribution >= 4 is 28.1 Å². The van der Waals surface area contributed by atoms with Gasteiger partial charge in [0.2, 0.25) is 0 Å². The summed E-state index contributed by atoms with van der Waals surface area (Å²) in [6, 6.07) is -1.71. The van der Waals surface area contributed by atoms with Gasteiger partial charge in [0.15, 0.2) is 5.78 Å². The number of nitrogens with one attached hydrogen (secondary N) is 1. The highest BCUT2D eigenvalue weighted by Crippen LogP contribution is 2.42. The Bertz CT molecular complexity index is 963. The first-order valence-corrected chi connectivity index (χ1v) is 11.4. The highest BCUT2D eigenvalue weighted by atomic mass is 32.2. The molecule has 10 nitrogen and oxygen atoms in total. The van der Waals surface area contributed by atoms with Crippen molar-refractivity contribution in [2.45, 2.75) is 82.7 Å². The van der Waals surface area contributed by atoms with Crippen LogP contribution in [-0.2, 0) is 28.6 Å². The molecule has 1 heterocycles. The fourth-order valence-corrected chi connectivity index (χ4v) is 3.98. The number of likely N-dealkylation sites (tertiary alicyclic amines) is 1. The minimum atomic E-state index is -6.17. The number of ether oxygens (including phenoxy) is 2. The lowest BCUT2D eigenvalue weighted by Crippen LogP contribution is -2.68. The summed E-state index contributed by atoms with van der Waals surface area (Å²) in [5.41, 5.74) is -9.79. The van der Waals surface area contributed by atoms with Gasteiger partial charge in [-0.3, -0.25) is 9.69 Å². The van der Waals surface area contributed by atoms with Gasteiger partial charge in [0, 0.05) is 12.6 Å². The van der Waals surface area contributed by atoms with Gasteiger partial charge in [0.05, 0.1) is 0 Å². The predicted octanol–water partition coefficient (Wildman–Crippen LogP) is 2.98. The minimum absolute atomic E-state index is 0.0998. The van der Waals surface area contributed by atoms with E-state index in [0.29, 0.717) is 6.08 Å². The molecule has 1 unspecified atom stereocenters. The molecule has 33 heavy (non-hydrogen) atoms. The van der Waals surface area contributed by atoms with Gasteiger partial charge in [-0.05, 0) is 54.4 Å². The van der Waals surface area contributed by atoms with Crippen LogP contribution in [0.5, 0.6) is 0 Å². The zero-order valence-corrected chi connectivity index (χ0v) is 19.8. The van der Waals surface area contributed by atoms with E-state index in [0.717, 1.165) is 4.90 Å². The van der Waals surface area contributed by atoms with Crippen molar-refractivity contribution in [3.05, 3.63) is 11.8 Å². The maximum atomic E-state index is 13.0. The molecule has 14 heteroatoms. The van der Waals surface area contributed by atoms with Crippen molar-refractivity contribution in [2.24, 2.45) is 0 Å². The zero-order valence-electron chi connectivity index (χ0n) is 19.0. The number of carbonyl (C=O) groups excluding carboxylic acids is 3. The molecule has 1 saturated heterocycles. The van der Waals surface area contributed by atoms with E-state index in [2.05, 4.69) is 9.50 Å². The molecule has 1 fully saturated rings. The Morgan fingerprint density at radius 2 is 1.64 bits per heavy atom. The third-order valence-electron chi connectivity index (χ3n) is 4.57. The van der Waals surface area contributed by atoms with Gasteiger partial charge in [-0.2, -0.15) is 21.6 Å². The van der Waals surface area contributed by atoms with Crippen LogP contribution in [0.15, 0.2) is 11.8 Å². The maximum Gasteiger partial charge on any atom is 0.534 e. The van der Waals surface area contributed by atoms with Crippen molar-refractivity contribution in [3.8, 4) is 0 Å². The van der Waals surface area contributed by atoms with E-state index >= 15 is 0 Å². The lowest BCUT2D eigenvalue weighted by molar-refractivity contribution is -0.123. The van der Waals surface area contributed by atoms with Crippen LogP contribution in [0.4, 0.5) is 22.8 Å². The Morgan fingerprint density at radius 1 is 1.09 bits per heavy atom. The minimum Gasteiger partial charge on any atom is -0.444 e. The number of piperidine rings is 1. The second kappa shape index (κ2) is 8.37. The van der Waals surface area contributed by atoms with Crippen molar-refractivity contribution in [2.75, 3.05) is 6.54 Å². The standard InChI is InChI=1S/C19H27F3N2O8S/c1-16(2,3)30-14(26)23-18-8-7-9-24(15(27)31-17(4,5)6)13(18)11(10-12(18)25)32-33(28,29)19(20,21)22/h10,13H,7-9H2,1-6H3,(H,23,26)/t13?,18-/m0/s1. The SMILES string of the molecule is CC(C)(C)OC(=O)N[C@]12CCCN(C(=O)OC(C)(C)C)C1C(OS(=O)(=O)C(F)(F)F)=CC2=O. The molecule has 2 rings (SSSR count). The van der Waals surface area contributed by atoms with E-state index in [-0.39, 0.29) is 19.4 Å². The number of carbonyl (C=O) groups is 3. The Kier molecular flexibility index (Phi) is 6.78. The molecule has 0 bridgehead atoms. The molecule has 2 amide bonds. The van der Waals surface area contributed by atoms with E-state index in [4.69, 9.17) is 9.47 Å². The molecule has 0 aromatic heterocycles. The van der Waals surface area contributed by atoms with Gasteiger partial charge in [-0.15, -0.1) is 0 Å². The van der Waals surface area contributed by atoms with Gasteiger partial charge in [-0.1, -0.05) is 0 Å². The molecule has 2 aliphatic rings. The molecule has 0 aromatic carbocycles. The summed E-state index contributed by atoms with van der Waals surface area (Å²) in [6.07, 6.45) is -1.56. The number of alkyl halides is 3. The first kappa shape index (κ1) is 26.7. The largest absolute Gasteiger partial charge is 0.534 e. The summed E-state index contributed by atoms with van der Waals surface area (Å²) >= 11 is 0. The number of alkyl carbamates (subject to hydrolysis) is 1. The van der Waals surface area contributed by atoms with Crippen LogP contribution in [-0.4, -0.2) is 66.1 Å². The van der Waals surface area contributed by atoms with Gasteiger partial charge in [0.25, 0.3) is 0 Å². The number of hydrogen-bond donors (Lipinski definition) is 1. The van der Waals surface area contributed by atoms with Crippen molar-refractivity contribution in [1.29, 1.82) is 0 Å². The van der Waals surface area contributed by atoms with Gasteiger partial charge >= 0.3 is 27.8 Å². The van der Waals surface area contributed by atoms with E-state index in [1.165, 1.54) is 0 Å². The number of halogens is 3. The molecule has 1 N–H and O–H groups in total. The summed E-state index contributed by atoms with van der Waals surface area (Å²) in [5.74, 6) is -1.90. The summed E-state index contributed by atoms with van der Waals surface area (Å²) in [6.45, 7) is 9.18. The number of hydrogen-bond acceptors (Lipinski definition) is 8. The Labute approximate surface area is 189 Å². The van der Waals surface area contributed by atoms with Crippen LogP contribution in [0, 0.1) is 0 Å². The second-order valence-corrected chi connectivity index (χ2v) is 11.2. The lowest BCUT2D eigenvalue weighted by Gasteiger charge is -2.45. The molecular formula is C19H27F3N2O8S. The number of ketones is 1. The molecule has 1 aliphatic carbocycles. The average molecular weight is 500 g/mol. The average Bonchev–Trinajstić information content (AvgIpc) is 2.81. The first-order chi connectivity index (χ1) is 14.7. The number of rotatable bonds is 3. The van der Waals surface area contributed by atoms with Crippen LogP contribution in [0.1, 0.15) is 54.4 Å². The van der Waals surface area contributed by atoms with Crippen LogP contribution in [0.2, 0.25) is 0 Å². The third kappa shape index (κ3) is 5.89. The quantitative estimate of drug-likeness (QED) is 0.463. The fraction of sp³-hybridized carbons (Fsp3) is 0.737. The van der Waals surface area contributed by atoms with Gasteiger partial charge in [-0.25, -0.2) is 9.59 Å². The maximum absolute atomic E-state index is 13.0. The fourth-order valence-electron chi connectivity index (χ4n) is 3.49. The first-order valence-electron chi connectivity index (χ1n) is 9.96. The molecule has 0 saturated carbocycles. The lowest BCUT2D eigenvalue weighted by atomic mass is 9.81.